The van der Waals surface area contributed by atoms with E-state index in [4.69, 9.17) is 4.74 Å². The van der Waals surface area contributed by atoms with Crippen molar-refractivity contribution in [2.24, 2.45) is 4.99 Å². The molecule has 0 aromatic heterocycles. The Hall–Kier alpha value is -2.10. The van der Waals surface area contributed by atoms with E-state index in [9.17, 15) is 9.90 Å². The number of hydrogen-bond donors (Lipinski definition) is 1. The molecule has 0 amide bonds. The Morgan fingerprint density at radius 2 is 2.10 bits per heavy atom. The van der Waals surface area contributed by atoms with E-state index in [0.717, 1.165) is 0 Å². The van der Waals surface area contributed by atoms with Crippen LogP contribution in [0.25, 0.3) is 0 Å². The highest BCUT2D eigenvalue weighted by Crippen LogP contribution is 2.29. The number of hydrogen-bond acceptors (Lipinski definition) is 4. The Labute approximate surface area is 118 Å². The molecule has 0 radical (unpaired) electrons. The molecule has 0 unspecified atom stereocenters. The van der Waals surface area contributed by atoms with E-state index in [0.29, 0.717) is 48.4 Å². The molecular formula is C16H19NO3. The molecule has 1 N–H and O–H groups in total. The lowest BCUT2D eigenvalue weighted by Gasteiger charge is -2.16. The van der Waals surface area contributed by atoms with E-state index in [1.54, 1.807) is 7.11 Å². The molecule has 0 spiro atoms. The van der Waals surface area contributed by atoms with Crippen LogP contribution in [-0.2, 0) is 4.79 Å². The molecule has 1 aliphatic carbocycles. The first-order chi connectivity index (χ1) is 9.67. The lowest BCUT2D eigenvalue weighted by atomic mass is 9.92. The first-order valence-electron chi connectivity index (χ1n) is 6.83. The molecule has 0 aliphatic heterocycles. The van der Waals surface area contributed by atoms with Crippen molar-refractivity contribution in [3.8, 4) is 5.75 Å². The molecule has 4 nitrogen and oxygen atoms in total. The predicted molar refractivity (Wildman–Crippen MR) is 78.9 cm³/mol. The molecule has 0 fully saturated rings. The number of carbonyl (C=O) groups excluding carboxylic acids is 1. The second-order valence-electron chi connectivity index (χ2n) is 4.68. The third-order valence-corrected chi connectivity index (χ3v) is 3.35. The summed E-state index contributed by atoms with van der Waals surface area (Å²) in [7, 11) is 1.59. The van der Waals surface area contributed by atoms with Crippen molar-refractivity contribution >= 4 is 17.2 Å². The van der Waals surface area contributed by atoms with Crippen molar-refractivity contribution < 1.29 is 14.6 Å². The van der Waals surface area contributed by atoms with E-state index >= 15 is 0 Å². The molecule has 0 saturated heterocycles. The fourth-order valence-corrected chi connectivity index (χ4v) is 2.33. The van der Waals surface area contributed by atoms with Gasteiger partial charge >= 0.3 is 0 Å². The van der Waals surface area contributed by atoms with Crippen molar-refractivity contribution in [3.05, 3.63) is 35.6 Å². The fourth-order valence-electron chi connectivity index (χ4n) is 2.33. The van der Waals surface area contributed by atoms with Crippen LogP contribution in [0, 0.1) is 0 Å². The molecule has 4 heteroatoms. The maximum Gasteiger partial charge on any atom is 0.168 e. The maximum absolute atomic E-state index is 12.0. The first-order valence-corrected chi connectivity index (χ1v) is 6.83. The van der Waals surface area contributed by atoms with Gasteiger partial charge in [-0.2, -0.15) is 0 Å². The third kappa shape index (κ3) is 2.90. The van der Waals surface area contributed by atoms with Crippen LogP contribution in [0.15, 0.2) is 40.6 Å². The number of aliphatic hydroxyl groups excluding tert-OH is 1. The van der Waals surface area contributed by atoms with E-state index in [1.165, 1.54) is 0 Å². The zero-order chi connectivity index (χ0) is 14.5. The molecule has 1 aromatic rings. The van der Waals surface area contributed by atoms with Gasteiger partial charge in [0.05, 0.1) is 18.4 Å². The number of carbonyl (C=O) groups is 1. The summed E-state index contributed by atoms with van der Waals surface area (Å²) in [6.45, 7) is 1.93. The Morgan fingerprint density at radius 3 is 2.75 bits per heavy atom. The second kappa shape index (κ2) is 6.37. The number of allylic oxidation sites excluding steroid dienone is 2. The molecular weight excluding hydrogens is 254 g/mol. The Morgan fingerprint density at radius 1 is 1.35 bits per heavy atom. The molecule has 0 bridgehead atoms. The number of nitrogens with zero attached hydrogens (tertiary/aromatic N) is 1. The summed E-state index contributed by atoms with van der Waals surface area (Å²) >= 11 is 0. The summed E-state index contributed by atoms with van der Waals surface area (Å²) in [5.74, 6) is 0.794. The quantitative estimate of drug-likeness (QED) is 0.850. The van der Waals surface area contributed by atoms with E-state index in [1.807, 2.05) is 31.2 Å². The standard InChI is InChI=1S/C16H19NO3/c1-3-11(16-13(18)8-6-9-14(16)19)17-12-7-4-5-10-15(12)20-2/h4-5,7,10,18H,3,6,8-9H2,1-2H3. The highest BCUT2D eigenvalue weighted by Gasteiger charge is 2.24. The first kappa shape index (κ1) is 14.3. The fraction of sp³-hybridized carbons (Fsp3) is 0.375. The van der Waals surface area contributed by atoms with Crippen LogP contribution >= 0.6 is 0 Å². The Balaban J connectivity index is 2.46. The van der Waals surface area contributed by atoms with Crippen molar-refractivity contribution in [1.29, 1.82) is 0 Å². The number of para-hydroxylation sites is 2. The lowest BCUT2D eigenvalue weighted by Crippen LogP contribution is -2.19. The van der Waals surface area contributed by atoms with Crippen molar-refractivity contribution in [2.75, 3.05) is 7.11 Å². The van der Waals surface area contributed by atoms with E-state index < -0.39 is 0 Å². The lowest BCUT2D eigenvalue weighted by molar-refractivity contribution is -0.115. The van der Waals surface area contributed by atoms with Gasteiger partial charge in [0.15, 0.2) is 5.78 Å². The van der Waals surface area contributed by atoms with Crippen molar-refractivity contribution in [1.82, 2.24) is 0 Å². The zero-order valence-corrected chi connectivity index (χ0v) is 11.8. The average molecular weight is 273 g/mol. The summed E-state index contributed by atoms with van der Waals surface area (Å²) < 4.78 is 5.26. The zero-order valence-electron chi connectivity index (χ0n) is 11.8. The van der Waals surface area contributed by atoms with E-state index in [2.05, 4.69) is 4.99 Å². The number of benzene rings is 1. The number of ketones is 1. The minimum atomic E-state index is -0.0238. The normalized spacial score (nSPS) is 16.5. The van der Waals surface area contributed by atoms with Gasteiger partial charge in [0.1, 0.15) is 17.2 Å². The SMILES string of the molecule is CCC(=Nc1ccccc1OC)C1=C(O)CCCC1=O. The van der Waals surface area contributed by atoms with E-state index in [-0.39, 0.29) is 11.5 Å². The van der Waals surface area contributed by atoms with Crippen LogP contribution in [0.5, 0.6) is 5.75 Å². The third-order valence-electron chi connectivity index (χ3n) is 3.35. The predicted octanol–water partition coefficient (Wildman–Crippen LogP) is 3.74. The van der Waals surface area contributed by atoms with Crippen LogP contribution in [0.1, 0.15) is 32.6 Å². The van der Waals surface area contributed by atoms with Gasteiger partial charge < -0.3 is 9.84 Å². The molecule has 20 heavy (non-hydrogen) atoms. The van der Waals surface area contributed by atoms with Gasteiger partial charge in [0.2, 0.25) is 0 Å². The van der Waals surface area contributed by atoms with Crippen LogP contribution in [-0.4, -0.2) is 23.7 Å². The number of aliphatic imine (C=N–C) groups is 1. The molecule has 1 aromatic carbocycles. The highest BCUT2D eigenvalue weighted by atomic mass is 16.5. The summed E-state index contributed by atoms with van der Waals surface area (Å²) in [6, 6.07) is 7.39. The number of aliphatic hydroxyl groups is 1. The van der Waals surface area contributed by atoms with Crippen molar-refractivity contribution in [3.63, 3.8) is 0 Å². The number of rotatable bonds is 4. The Bertz CT molecular complexity index is 573. The number of methoxy groups -OCH3 is 1. The van der Waals surface area contributed by atoms with Gasteiger partial charge in [-0.3, -0.25) is 4.79 Å². The smallest absolute Gasteiger partial charge is 0.168 e. The highest BCUT2D eigenvalue weighted by molar-refractivity contribution is 6.23. The average Bonchev–Trinajstić information content (AvgIpc) is 2.46. The topological polar surface area (TPSA) is 58.9 Å². The molecule has 0 atom stereocenters. The minimum absolute atomic E-state index is 0.0238. The monoisotopic (exact) mass is 273 g/mol. The largest absolute Gasteiger partial charge is 0.511 e. The number of ether oxygens (including phenoxy) is 1. The van der Waals surface area contributed by atoms with Crippen molar-refractivity contribution in [2.45, 2.75) is 32.6 Å². The van der Waals surface area contributed by atoms with Crippen LogP contribution in [0.4, 0.5) is 5.69 Å². The van der Waals surface area contributed by atoms with Gasteiger partial charge in [-0.05, 0) is 25.0 Å². The minimum Gasteiger partial charge on any atom is -0.511 e. The summed E-state index contributed by atoms with van der Waals surface area (Å²) in [5.41, 5.74) is 1.69. The molecule has 0 saturated carbocycles. The summed E-state index contributed by atoms with van der Waals surface area (Å²) in [4.78, 5) is 16.5. The second-order valence-corrected chi connectivity index (χ2v) is 4.68. The molecule has 1 aliphatic rings. The Kier molecular flexibility index (Phi) is 4.56. The van der Waals surface area contributed by atoms with Gasteiger partial charge in [-0.1, -0.05) is 19.1 Å². The van der Waals surface area contributed by atoms with Gasteiger partial charge in [-0.25, -0.2) is 4.99 Å². The number of Topliss-reactive ketones (excluding diaryl/α,β-unsaturated/α-hetero) is 1. The molecule has 2 rings (SSSR count). The molecule has 106 valence electrons. The van der Waals surface area contributed by atoms with Crippen LogP contribution < -0.4 is 4.74 Å². The van der Waals surface area contributed by atoms with Gasteiger partial charge in [0.25, 0.3) is 0 Å². The van der Waals surface area contributed by atoms with Gasteiger partial charge in [-0.15, -0.1) is 0 Å². The van der Waals surface area contributed by atoms with Crippen LogP contribution in [0.2, 0.25) is 0 Å². The van der Waals surface area contributed by atoms with Crippen LogP contribution in [0.3, 0.4) is 0 Å². The summed E-state index contributed by atoms with van der Waals surface area (Å²) in [5, 5.41) is 9.99. The maximum atomic E-state index is 12.0. The summed E-state index contributed by atoms with van der Waals surface area (Å²) in [6.07, 6.45) is 2.32. The van der Waals surface area contributed by atoms with Gasteiger partial charge in [0, 0.05) is 12.8 Å². The molecule has 0 heterocycles.